The summed E-state index contributed by atoms with van der Waals surface area (Å²) in [5.74, 6) is 0.576. The van der Waals surface area contributed by atoms with Crippen molar-refractivity contribution in [3.05, 3.63) is 23.8 Å². The summed E-state index contributed by atoms with van der Waals surface area (Å²) in [6.45, 7) is 4.39. The molecule has 0 heterocycles. The van der Waals surface area contributed by atoms with Gasteiger partial charge in [-0.2, -0.15) is 0 Å². The van der Waals surface area contributed by atoms with Gasteiger partial charge >= 0.3 is 0 Å². The largest absolute Gasteiger partial charge is 0.507 e. The maximum absolute atomic E-state index is 11.4. The average molecular weight is 208 g/mol. The van der Waals surface area contributed by atoms with Gasteiger partial charge in [0.15, 0.2) is 5.78 Å². The van der Waals surface area contributed by atoms with Crippen LogP contribution in [0.5, 0.6) is 11.5 Å². The van der Waals surface area contributed by atoms with Crippen molar-refractivity contribution in [2.24, 2.45) is 0 Å². The Kier molecular flexibility index (Phi) is 4.16. The molecule has 15 heavy (non-hydrogen) atoms. The van der Waals surface area contributed by atoms with Crippen molar-refractivity contribution in [2.75, 3.05) is 6.61 Å². The molecule has 0 radical (unpaired) electrons. The van der Waals surface area contributed by atoms with Crippen LogP contribution in [0.3, 0.4) is 0 Å². The lowest BCUT2D eigenvalue weighted by Gasteiger charge is -2.07. The highest BCUT2D eigenvalue weighted by molar-refractivity contribution is 5.98. The molecule has 0 amide bonds. The summed E-state index contributed by atoms with van der Waals surface area (Å²) in [4.78, 5) is 11.4. The molecule has 0 aromatic heterocycles. The number of Topliss-reactive ketones (excluding diaryl/α,β-unsaturated/α-hetero) is 1. The van der Waals surface area contributed by atoms with Gasteiger partial charge in [0.05, 0.1) is 12.2 Å². The first-order valence-corrected chi connectivity index (χ1v) is 5.18. The molecule has 0 aliphatic rings. The Morgan fingerprint density at radius 2 is 2.13 bits per heavy atom. The summed E-state index contributed by atoms with van der Waals surface area (Å²) in [5.41, 5.74) is 0.339. The highest BCUT2D eigenvalue weighted by atomic mass is 16.5. The number of phenols is 1. The zero-order valence-corrected chi connectivity index (χ0v) is 9.12. The summed E-state index contributed by atoms with van der Waals surface area (Å²) < 4.78 is 5.38. The van der Waals surface area contributed by atoms with E-state index in [0.29, 0.717) is 24.3 Å². The van der Waals surface area contributed by atoms with Crippen molar-refractivity contribution < 1.29 is 14.6 Å². The smallest absolute Gasteiger partial charge is 0.166 e. The van der Waals surface area contributed by atoms with E-state index in [1.165, 1.54) is 6.07 Å². The SMILES string of the molecule is CCCOc1ccc(O)c(C(=O)CC)c1. The van der Waals surface area contributed by atoms with E-state index in [2.05, 4.69) is 0 Å². The van der Waals surface area contributed by atoms with Crippen LogP contribution in [-0.4, -0.2) is 17.5 Å². The van der Waals surface area contributed by atoms with Crippen LogP contribution >= 0.6 is 0 Å². The fourth-order valence-electron chi connectivity index (χ4n) is 1.24. The molecule has 0 fully saturated rings. The molecule has 0 aliphatic heterocycles. The molecule has 1 rings (SSSR count). The van der Waals surface area contributed by atoms with Gasteiger partial charge in [0.2, 0.25) is 0 Å². The Balaban J connectivity index is 2.89. The van der Waals surface area contributed by atoms with Gasteiger partial charge in [-0.15, -0.1) is 0 Å². The van der Waals surface area contributed by atoms with Crippen LogP contribution in [0.1, 0.15) is 37.0 Å². The second-order valence-corrected chi connectivity index (χ2v) is 3.30. The predicted octanol–water partition coefficient (Wildman–Crippen LogP) is 2.77. The van der Waals surface area contributed by atoms with E-state index in [9.17, 15) is 9.90 Å². The molecule has 0 saturated heterocycles. The van der Waals surface area contributed by atoms with Crippen LogP contribution in [0.2, 0.25) is 0 Å². The fourth-order valence-corrected chi connectivity index (χ4v) is 1.24. The maximum Gasteiger partial charge on any atom is 0.166 e. The van der Waals surface area contributed by atoms with Crippen molar-refractivity contribution in [3.8, 4) is 11.5 Å². The number of carbonyl (C=O) groups is 1. The number of aromatic hydroxyl groups is 1. The van der Waals surface area contributed by atoms with Gasteiger partial charge in [-0.25, -0.2) is 0 Å². The van der Waals surface area contributed by atoms with Crippen LogP contribution in [0.15, 0.2) is 18.2 Å². The minimum absolute atomic E-state index is 0.0192. The summed E-state index contributed by atoms with van der Waals surface area (Å²) in [6.07, 6.45) is 1.29. The zero-order valence-electron chi connectivity index (χ0n) is 9.12. The number of ether oxygens (including phenoxy) is 1. The van der Waals surface area contributed by atoms with Crippen molar-refractivity contribution >= 4 is 5.78 Å². The summed E-state index contributed by atoms with van der Waals surface area (Å²) >= 11 is 0. The molecule has 0 aliphatic carbocycles. The van der Waals surface area contributed by atoms with Crippen molar-refractivity contribution in [1.29, 1.82) is 0 Å². The highest BCUT2D eigenvalue weighted by Gasteiger charge is 2.10. The topological polar surface area (TPSA) is 46.5 Å². The predicted molar refractivity (Wildman–Crippen MR) is 58.5 cm³/mol. The second-order valence-electron chi connectivity index (χ2n) is 3.30. The van der Waals surface area contributed by atoms with Gasteiger partial charge < -0.3 is 9.84 Å². The fraction of sp³-hybridized carbons (Fsp3) is 0.417. The Labute approximate surface area is 89.7 Å². The lowest BCUT2D eigenvalue weighted by atomic mass is 10.1. The monoisotopic (exact) mass is 208 g/mol. The third kappa shape index (κ3) is 2.98. The first-order chi connectivity index (χ1) is 7.19. The minimum atomic E-state index is -0.0746. The molecule has 0 saturated carbocycles. The molecule has 0 unspecified atom stereocenters. The molecule has 1 N–H and O–H groups in total. The van der Waals surface area contributed by atoms with E-state index in [4.69, 9.17) is 4.74 Å². The molecule has 82 valence electrons. The van der Waals surface area contributed by atoms with Gasteiger partial charge in [0.25, 0.3) is 0 Å². The summed E-state index contributed by atoms with van der Waals surface area (Å²) in [7, 11) is 0. The van der Waals surface area contributed by atoms with Gasteiger partial charge in [0, 0.05) is 6.42 Å². The van der Waals surface area contributed by atoms with Crippen molar-refractivity contribution in [2.45, 2.75) is 26.7 Å². The molecular weight excluding hydrogens is 192 g/mol. The zero-order chi connectivity index (χ0) is 11.3. The van der Waals surface area contributed by atoms with Crippen LogP contribution < -0.4 is 4.74 Å². The number of rotatable bonds is 5. The standard InChI is InChI=1S/C12H16O3/c1-3-7-15-9-5-6-12(14)10(8-9)11(13)4-2/h5-6,8,14H,3-4,7H2,1-2H3. The first-order valence-electron chi connectivity index (χ1n) is 5.18. The third-order valence-corrected chi connectivity index (χ3v) is 2.06. The van der Waals surface area contributed by atoms with E-state index in [1.54, 1.807) is 19.1 Å². The van der Waals surface area contributed by atoms with Crippen molar-refractivity contribution in [1.82, 2.24) is 0 Å². The van der Waals surface area contributed by atoms with E-state index in [-0.39, 0.29) is 11.5 Å². The molecule has 0 atom stereocenters. The Morgan fingerprint density at radius 1 is 1.40 bits per heavy atom. The number of hydrogen-bond donors (Lipinski definition) is 1. The Hall–Kier alpha value is -1.51. The van der Waals surface area contributed by atoms with Gasteiger partial charge in [-0.05, 0) is 24.6 Å². The lowest BCUT2D eigenvalue weighted by molar-refractivity contribution is 0.0985. The summed E-state index contributed by atoms with van der Waals surface area (Å²) in [5, 5.41) is 9.49. The Bertz CT molecular complexity index is 345. The third-order valence-electron chi connectivity index (χ3n) is 2.06. The second kappa shape index (κ2) is 5.39. The van der Waals surface area contributed by atoms with Gasteiger partial charge in [-0.1, -0.05) is 13.8 Å². The normalized spacial score (nSPS) is 10.0. The highest BCUT2D eigenvalue weighted by Crippen LogP contribution is 2.24. The molecular formula is C12H16O3. The van der Waals surface area contributed by atoms with Crippen LogP contribution in [0, 0.1) is 0 Å². The minimum Gasteiger partial charge on any atom is -0.507 e. The number of benzene rings is 1. The van der Waals surface area contributed by atoms with Crippen LogP contribution in [-0.2, 0) is 0 Å². The van der Waals surface area contributed by atoms with E-state index >= 15 is 0 Å². The molecule has 3 heteroatoms. The number of carbonyl (C=O) groups excluding carboxylic acids is 1. The van der Waals surface area contributed by atoms with Crippen LogP contribution in [0.25, 0.3) is 0 Å². The number of hydrogen-bond acceptors (Lipinski definition) is 3. The molecule has 0 bridgehead atoms. The first kappa shape index (κ1) is 11.6. The van der Waals surface area contributed by atoms with Crippen molar-refractivity contribution in [3.63, 3.8) is 0 Å². The molecule has 1 aromatic rings. The Morgan fingerprint density at radius 3 is 2.73 bits per heavy atom. The van der Waals surface area contributed by atoms with Crippen LogP contribution in [0.4, 0.5) is 0 Å². The van der Waals surface area contributed by atoms with E-state index in [1.807, 2.05) is 6.92 Å². The molecule has 3 nitrogen and oxygen atoms in total. The van der Waals surface area contributed by atoms with Gasteiger partial charge in [0.1, 0.15) is 11.5 Å². The number of ketones is 1. The average Bonchev–Trinajstić information content (AvgIpc) is 2.27. The van der Waals surface area contributed by atoms with E-state index < -0.39 is 0 Å². The maximum atomic E-state index is 11.4. The molecule has 0 spiro atoms. The lowest BCUT2D eigenvalue weighted by Crippen LogP contribution is -2.00. The quantitative estimate of drug-likeness (QED) is 0.757. The number of phenolic OH excluding ortho intramolecular Hbond substituents is 1. The molecule has 1 aromatic carbocycles. The van der Waals surface area contributed by atoms with Gasteiger partial charge in [-0.3, -0.25) is 4.79 Å². The summed E-state index contributed by atoms with van der Waals surface area (Å²) in [6, 6.07) is 4.75. The van der Waals surface area contributed by atoms with E-state index in [0.717, 1.165) is 6.42 Å².